The first kappa shape index (κ1) is 14.5. The van der Waals surface area contributed by atoms with E-state index < -0.39 is 0 Å². The van der Waals surface area contributed by atoms with Crippen LogP contribution in [-0.2, 0) is 6.54 Å². The highest BCUT2D eigenvalue weighted by atomic mass is 16.1. The molecule has 0 radical (unpaired) electrons. The molecule has 0 amide bonds. The number of hydrogen-bond donors (Lipinski definition) is 0. The number of nitrogens with zero attached hydrogens (tertiary/aromatic N) is 4. The highest BCUT2D eigenvalue weighted by molar-refractivity contribution is 5.75. The fraction of sp³-hybridized carbons (Fsp3) is 0.533. The summed E-state index contributed by atoms with van der Waals surface area (Å²) in [7, 11) is 2.04. The molecule has 5 heteroatoms. The first-order chi connectivity index (χ1) is 9.67. The molecule has 0 aliphatic heterocycles. The zero-order valence-electron chi connectivity index (χ0n) is 12.5. The molecule has 0 unspecified atom stereocenters. The summed E-state index contributed by atoms with van der Waals surface area (Å²) in [6.45, 7) is 6.06. The van der Waals surface area contributed by atoms with Crippen LogP contribution in [0.3, 0.4) is 0 Å². The molecule has 0 atom stereocenters. The number of fused-ring (bicyclic) bond motifs is 1. The predicted octanol–water partition coefficient (Wildman–Crippen LogP) is 2.44. The molecule has 0 aliphatic rings. The van der Waals surface area contributed by atoms with Gasteiger partial charge < -0.3 is 9.47 Å². The highest BCUT2D eigenvalue weighted by Gasteiger charge is 2.08. The minimum Gasteiger partial charge on any atom is -0.360 e. The molecule has 0 saturated carbocycles. The second-order valence-electron chi connectivity index (χ2n) is 5.06. The van der Waals surface area contributed by atoms with Crippen LogP contribution in [0.25, 0.3) is 11.0 Å². The third-order valence-electron chi connectivity index (χ3n) is 3.38. The van der Waals surface area contributed by atoms with Crippen molar-refractivity contribution in [3.8, 4) is 0 Å². The molecule has 108 valence electrons. The fourth-order valence-corrected chi connectivity index (χ4v) is 2.20. The van der Waals surface area contributed by atoms with Crippen LogP contribution in [-0.4, -0.2) is 28.1 Å². The van der Waals surface area contributed by atoms with Crippen LogP contribution in [0.2, 0.25) is 0 Å². The minimum atomic E-state index is -0.206. The first-order valence-electron chi connectivity index (χ1n) is 7.24. The van der Waals surface area contributed by atoms with Crippen LogP contribution in [0, 0.1) is 0 Å². The molecule has 0 N–H and O–H groups in total. The largest absolute Gasteiger partial charge is 0.360 e. The third-order valence-corrected chi connectivity index (χ3v) is 3.38. The smallest absolute Gasteiger partial charge is 0.282 e. The van der Waals surface area contributed by atoms with Crippen molar-refractivity contribution in [1.82, 2.24) is 14.5 Å². The Kier molecular flexibility index (Phi) is 4.71. The number of unbranched alkanes of at least 4 members (excludes halogenated alkanes) is 1. The van der Waals surface area contributed by atoms with Crippen molar-refractivity contribution < 1.29 is 0 Å². The molecule has 0 spiro atoms. The number of rotatable bonds is 6. The summed E-state index contributed by atoms with van der Waals surface area (Å²) in [6.07, 6.45) is 4.87. The van der Waals surface area contributed by atoms with E-state index in [4.69, 9.17) is 0 Å². The summed E-state index contributed by atoms with van der Waals surface area (Å²) in [6, 6.07) is 3.74. The van der Waals surface area contributed by atoms with E-state index in [2.05, 4.69) is 28.7 Å². The van der Waals surface area contributed by atoms with E-state index in [0.29, 0.717) is 5.39 Å². The Morgan fingerprint density at radius 2 is 2.05 bits per heavy atom. The molecule has 2 heterocycles. The zero-order chi connectivity index (χ0) is 14.5. The van der Waals surface area contributed by atoms with Crippen molar-refractivity contribution in [2.24, 2.45) is 0 Å². The SMILES string of the molecule is CCCCN(C)c1ccc2c(=O)ncn(CCC)c2n1. The molecule has 5 nitrogen and oxygen atoms in total. The average molecular weight is 274 g/mol. The van der Waals surface area contributed by atoms with Gasteiger partial charge in [0.1, 0.15) is 17.8 Å². The van der Waals surface area contributed by atoms with Crippen molar-refractivity contribution in [2.75, 3.05) is 18.5 Å². The number of anilines is 1. The Morgan fingerprint density at radius 3 is 2.75 bits per heavy atom. The van der Waals surface area contributed by atoms with Crippen molar-refractivity contribution in [2.45, 2.75) is 39.7 Å². The molecule has 2 aromatic heterocycles. The normalized spacial score (nSPS) is 10.9. The van der Waals surface area contributed by atoms with E-state index in [1.54, 1.807) is 6.33 Å². The summed E-state index contributed by atoms with van der Waals surface area (Å²) in [5, 5.41) is 0.591. The van der Waals surface area contributed by atoms with Gasteiger partial charge in [0.25, 0.3) is 5.56 Å². The Bertz CT molecular complexity index is 635. The fourth-order valence-electron chi connectivity index (χ4n) is 2.20. The van der Waals surface area contributed by atoms with Gasteiger partial charge in [-0.2, -0.15) is 4.98 Å². The van der Waals surface area contributed by atoms with Crippen LogP contribution in [0.1, 0.15) is 33.1 Å². The lowest BCUT2D eigenvalue weighted by Gasteiger charge is -2.18. The predicted molar refractivity (Wildman–Crippen MR) is 82.3 cm³/mol. The van der Waals surface area contributed by atoms with Crippen LogP contribution < -0.4 is 10.5 Å². The summed E-state index contributed by atoms with van der Waals surface area (Å²) in [4.78, 5) is 22.5. The molecule has 0 aromatic carbocycles. The highest BCUT2D eigenvalue weighted by Crippen LogP contribution is 2.15. The molecule has 2 rings (SSSR count). The van der Waals surface area contributed by atoms with E-state index >= 15 is 0 Å². The zero-order valence-corrected chi connectivity index (χ0v) is 12.5. The topological polar surface area (TPSA) is 51.0 Å². The number of pyridine rings is 1. The number of aromatic nitrogens is 3. The summed E-state index contributed by atoms with van der Waals surface area (Å²) in [5.41, 5.74) is 0.523. The van der Waals surface area contributed by atoms with Crippen molar-refractivity contribution in [3.63, 3.8) is 0 Å². The van der Waals surface area contributed by atoms with Crippen molar-refractivity contribution in [3.05, 3.63) is 28.8 Å². The maximum Gasteiger partial charge on any atom is 0.282 e. The summed E-state index contributed by atoms with van der Waals surface area (Å²) >= 11 is 0. The second-order valence-corrected chi connectivity index (χ2v) is 5.06. The molecule has 0 saturated heterocycles. The maximum absolute atomic E-state index is 11.8. The number of aryl methyl sites for hydroxylation is 1. The van der Waals surface area contributed by atoms with E-state index in [1.807, 2.05) is 23.7 Å². The summed E-state index contributed by atoms with van der Waals surface area (Å²) in [5.74, 6) is 0.904. The molecule has 20 heavy (non-hydrogen) atoms. The Labute approximate surface area is 119 Å². The Balaban J connectivity index is 2.45. The van der Waals surface area contributed by atoms with Crippen LogP contribution >= 0.6 is 0 Å². The van der Waals surface area contributed by atoms with Gasteiger partial charge in [0.15, 0.2) is 0 Å². The van der Waals surface area contributed by atoms with Gasteiger partial charge in [0, 0.05) is 20.1 Å². The van der Waals surface area contributed by atoms with Crippen LogP contribution in [0.5, 0.6) is 0 Å². The molecule has 0 bridgehead atoms. The van der Waals surface area contributed by atoms with E-state index in [9.17, 15) is 4.79 Å². The maximum atomic E-state index is 11.8. The minimum absolute atomic E-state index is 0.206. The lowest BCUT2D eigenvalue weighted by molar-refractivity contribution is 0.676. The second kappa shape index (κ2) is 6.50. The monoisotopic (exact) mass is 274 g/mol. The van der Waals surface area contributed by atoms with Gasteiger partial charge in [0.05, 0.1) is 5.39 Å². The van der Waals surface area contributed by atoms with E-state index in [-0.39, 0.29) is 5.56 Å². The van der Waals surface area contributed by atoms with Gasteiger partial charge in [-0.05, 0) is 25.0 Å². The van der Waals surface area contributed by atoms with Gasteiger partial charge in [-0.1, -0.05) is 20.3 Å². The number of hydrogen-bond acceptors (Lipinski definition) is 4. The van der Waals surface area contributed by atoms with Gasteiger partial charge in [-0.25, -0.2) is 4.98 Å². The molecule has 2 aromatic rings. The van der Waals surface area contributed by atoms with Gasteiger partial charge in [-0.15, -0.1) is 0 Å². The summed E-state index contributed by atoms with van der Waals surface area (Å²) < 4.78 is 1.95. The Morgan fingerprint density at radius 1 is 1.25 bits per heavy atom. The van der Waals surface area contributed by atoms with Gasteiger partial charge in [-0.3, -0.25) is 4.79 Å². The van der Waals surface area contributed by atoms with E-state index in [0.717, 1.165) is 43.8 Å². The Hall–Kier alpha value is -1.91. The lowest BCUT2D eigenvalue weighted by Crippen LogP contribution is -2.21. The van der Waals surface area contributed by atoms with Crippen molar-refractivity contribution >= 4 is 16.9 Å². The molecular formula is C15H22N4O. The first-order valence-corrected chi connectivity index (χ1v) is 7.24. The molecule has 0 aliphatic carbocycles. The van der Waals surface area contributed by atoms with Gasteiger partial charge >= 0.3 is 0 Å². The standard InChI is InChI=1S/C15H22N4O/c1-4-6-10-18(3)13-8-7-12-14(17-13)19(9-5-2)11-16-15(12)20/h7-8,11H,4-6,9-10H2,1-3H3. The lowest BCUT2D eigenvalue weighted by atomic mass is 10.3. The van der Waals surface area contributed by atoms with E-state index in [1.165, 1.54) is 0 Å². The van der Waals surface area contributed by atoms with Crippen LogP contribution in [0.4, 0.5) is 5.82 Å². The average Bonchev–Trinajstić information content (AvgIpc) is 2.47. The molecule has 0 fully saturated rings. The molecular weight excluding hydrogens is 252 g/mol. The van der Waals surface area contributed by atoms with Crippen molar-refractivity contribution in [1.29, 1.82) is 0 Å². The quantitative estimate of drug-likeness (QED) is 0.812. The third kappa shape index (κ3) is 2.98. The van der Waals surface area contributed by atoms with Crippen LogP contribution in [0.15, 0.2) is 23.3 Å². The van der Waals surface area contributed by atoms with Gasteiger partial charge in [0.2, 0.25) is 0 Å².